The van der Waals surface area contributed by atoms with E-state index in [2.05, 4.69) is 5.32 Å². The van der Waals surface area contributed by atoms with Gasteiger partial charge in [-0.15, -0.1) is 0 Å². The Morgan fingerprint density at radius 2 is 2.17 bits per heavy atom. The van der Waals surface area contributed by atoms with Crippen molar-refractivity contribution in [1.82, 2.24) is 5.32 Å². The Hall–Kier alpha value is -0.220. The Balaban J connectivity index is 1.51. The van der Waals surface area contributed by atoms with Crippen LogP contribution in [0.25, 0.3) is 0 Å². The maximum Gasteiger partial charge on any atom is 0.156 e. The van der Waals surface area contributed by atoms with Crippen LogP contribution in [0.4, 0.5) is 0 Å². The number of rotatable bonds is 2. The first kappa shape index (κ1) is 12.8. The zero-order valence-corrected chi connectivity index (χ0v) is 12.1. The molecule has 0 radical (unpaired) electrons. The molecule has 3 rings (SSSR count). The van der Waals surface area contributed by atoms with Gasteiger partial charge in [-0.05, 0) is 37.5 Å². The third kappa shape index (κ3) is 2.69. The number of thioether (sulfide) groups is 1. The molecular weight excluding hydrogens is 244 g/mol. The lowest BCUT2D eigenvalue weighted by Gasteiger charge is -2.31. The van der Waals surface area contributed by atoms with E-state index in [0.29, 0.717) is 17.6 Å². The molecule has 0 amide bonds. The van der Waals surface area contributed by atoms with Gasteiger partial charge in [0, 0.05) is 25.4 Å². The number of aliphatic imine (C=N–C) groups is 1. The molecule has 2 unspecified atom stereocenters. The van der Waals surface area contributed by atoms with Crippen LogP contribution in [0.1, 0.15) is 44.9 Å². The van der Waals surface area contributed by atoms with Crippen LogP contribution in [0.2, 0.25) is 0 Å². The van der Waals surface area contributed by atoms with E-state index in [1.54, 1.807) is 0 Å². The molecule has 2 fully saturated rings. The Morgan fingerprint density at radius 1 is 1.33 bits per heavy atom. The molecule has 102 valence electrons. The minimum absolute atomic E-state index is 0.456. The number of methoxy groups -OCH3 is 1. The highest BCUT2D eigenvalue weighted by molar-refractivity contribution is 8.13. The summed E-state index contributed by atoms with van der Waals surface area (Å²) in [6, 6.07) is 0.582. The molecule has 2 saturated carbocycles. The van der Waals surface area contributed by atoms with E-state index in [1.165, 1.54) is 49.4 Å². The summed E-state index contributed by atoms with van der Waals surface area (Å²) in [5.74, 6) is 1.28. The Bertz CT molecular complexity index is 326. The van der Waals surface area contributed by atoms with Gasteiger partial charge in [0.05, 0.1) is 6.10 Å². The van der Waals surface area contributed by atoms with E-state index in [4.69, 9.17) is 9.73 Å². The summed E-state index contributed by atoms with van der Waals surface area (Å²) < 4.78 is 5.42. The molecule has 1 N–H and O–H groups in total. The Morgan fingerprint density at radius 3 is 2.78 bits per heavy atom. The second-order valence-electron chi connectivity index (χ2n) is 6.13. The molecule has 3 aliphatic rings. The van der Waals surface area contributed by atoms with Crippen LogP contribution in [-0.2, 0) is 4.74 Å². The predicted octanol–water partition coefficient (Wildman–Crippen LogP) is 2.81. The minimum Gasteiger partial charge on any atom is -0.381 e. The highest BCUT2D eigenvalue weighted by atomic mass is 32.2. The van der Waals surface area contributed by atoms with Crippen LogP contribution < -0.4 is 5.32 Å². The van der Waals surface area contributed by atoms with Crippen LogP contribution in [0.5, 0.6) is 0 Å². The van der Waals surface area contributed by atoms with Gasteiger partial charge in [-0.25, -0.2) is 0 Å². The normalized spacial score (nSPS) is 34.8. The summed E-state index contributed by atoms with van der Waals surface area (Å²) in [6.45, 7) is 1.06. The highest BCUT2D eigenvalue weighted by Crippen LogP contribution is 2.43. The van der Waals surface area contributed by atoms with Crippen molar-refractivity contribution >= 4 is 16.9 Å². The summed E-state index contributed by atoms with van der Waals surface area (Å²) in [4.78, 5) is 4.81. The first-order valence-electron chi connectivity index (χ1n) is 7.26. The Labute approximate surface area is 114 Å². The molecule has 1 heterocycles. The van der Waals surface area contributed by atoms with Gasteiger partial charge in [-0.1, -0.05) is 24.6 Å². The largest absolute Gasteiger partial charge is 0.381 e. The summed E-state index contributed by atoms with van der Waals surface area (Å²) in [5.41, 5.74) is 0.556. The molecule has 0 bridgehead atoms. The fraction of sp³-hybridized carbons (Fsp3) is 0.929. The number of nitrogens with zero attached hydrogens (tertiary/aromatic N) is 1. The summed E-state index contributed by atoms with van der Waals surface area (Å²) >= 11 is 1.95. The van der Waals surface area contributed by atoms with E-state index in [-0.39, 0.29) is 0 Å². The third-order valence-electron chi connectivity index (χ3n) is 4.78. The van der Waals surface area contributed by atoms with Crippen LogP contribution in [0.15, 0.2) is 4.99 Å². The molecule has 0 saturated heterocycles. The summed E-state index contributed by atoms with van der Waals surface area (Å²) in [6.07, 6.45) is 9.63. The predicted molar refractivity (Wildman–Crippen MR) is 77.2 cm³/mol. The maximum absolute atomic E-state index is 5.42. The zero-order chi connectivity index (χ0) is 12.4. The third-order valence-corrected chi connectivity index (χ3v) is 6.06. The standard InChI is InChI=1S/C14H24N2OS/c1-17-12-5-4-11(8-12)16-13-15-9-14(10-18-13)6-2-3-7-14/h11-12H,2-10H2,1H3,(H,15,16). The van der Waals surface area contributed by atoms with Gasteiger partial charge in [0.2, 0.25) is 0 Å². The molecule has 2 atom stereocenters. The van der Waals surface area contributed by atoms with Gasteiger partial charge < -0.3 is 10.1 Å². The second-order valence-corrected chi connectivity index (χ2v) is 7.09. The van der Waals surface area contributed by atoms with Crippen LogP contribution in [-0.4, -0.2) is 36.7 Å². The smallest absolute Gasteiger partial charge is 0.156 e. The SMILES string of the molecule is COC1CCC(NC2=NCC3(CCCC3)CS2)C1. The molecule has 18 heavy (non-hydrogen) atoms. The first-order valence-corrected chi connectivity index (χ1v) is 8.25. The topological polar surface area (TPSA) is 33.6 Å². The molecule has 0 aromatic carbocycles. The minimum atomic E-state index is 0.456. The van der Waals surface area contributed by atoms with Crippen LogP contribution in [0.3, 0.4) is 0 Å². The quantitative estimate of drug-likeness (QED) is 0.836. The van der Waals surface area contributed by atoms with Crippen LogP contribution >= 0.6 is 11.8 Å². The lowest BCUT2D eigenvalue weighted by molar-refractivity contribution is 0.107. The number of ether oxygens (including phenoxy) is 1. The maximum atomic E-state index is 5.42. The molecule has 3 nitrogen and oxygen atoms in total. The fourth-order valence-electron chi connectivity index (χ4n) is 3.53. The first-order chi connectivity index (χ1) is 8.80. The van der Waals surface area contributed by atoms with Crippen molar-refractivity contribution in [3.63, 3.8) is 0 Å². The van der Waals surface area contributed by atoms with Gasteiger partial charge in [0.25, 0.3) is 0 Å². The lowest BCUT2D eigenvalue weighted by atomic mass is 9.89. The molecular formula is C14H24N2OS. The summed E-state index contributed by atoms with van der Waals surface area (Å²) in [5, 5.41) is 4.81. The molecule has 0 aromatic heterocycles. The van der Waals surface area contributed by atoms with Gasteiger partial charge in [-0.2, -0.15) is 0 Å². The van der Waals surface area contributed by atoms with E-state index < -0.39 is 0 Å². The fourth-order valence-corrected chi connectivity index (χ4v) is 4.76. The van der Waals surface area contributed by atoms with Crippen molar-refractivity contribution in [1.29, 1.82) is 0 Å². The van der Waals surface area contributed by atoms with Gasteiger partial charge >= 0.3 is 0 Å². The van der Waals surface area contributed by atoms with E-state index in [1.807, 2.05) is 18.9 Å². The molecule has 2 aliphatic carbocycles. The zero-order valence-electron chi connectivity index (χ0n) is 11.3. The van der Waals surface area contributed by atoms with Crippen molar-refractivity contribution < 1.29 is 4.74 Å². The van der Waals surface area contributed by atoms with E-state index in [9.17, 15) is 0 Å². The Kier molecular flexibility index (Phi) is 3.85. The highest BCUT2D eigenvalue weighted by Gasteiger charge is 2.37. The van der Waals surface area contributed by atoms with Crippen molar-refractivity contribution in [2.75, 3.05) is 19.4 Å². The second kappa shape index (κ2) is 5.41. The van der Waals surface area contributed by atoms with Crippen LogP contribution in [0, 0.1) is 5.41 Å². The van der Waals surface area contributed by atoms with E-state index >= 15 is 0 Å². The monoisotopic (exact) mass is 268 g/mol. The number of hydrogen-bond donors (Lipinski definition) is 1. The number of hydrogen-bond acceptors (Lipinski definition) is 4. The summed E-state index contributed by atoms with van der Waals surface area (Å²) in [7, 11) is 1.82. The number of amidine groups is 1. The molecule has 0 aromatic rings. The molecule has 1 spiro atoms. The average Bonchev–Trinajstić information content (AvgIpc) is 3.02. The lowest BCUT2D eigenvalue weighted by Crippen LogP contribution is -2.37. The van der Waals surface area contributed by atoms with Gasteiger partial charge in [0.15, 0.2) is 5.17 Å². The van der Waals surface area contributed by atoms with Crippen molar-refractivity contribution in [2.24, 2.45) is 10.4 Å². The van der Waals surface area contributed by atoms with E-state index in [0.717, 1.165) is 13.0 Å². The van der Waals surface area contributed by atoms with Crippen molar-refractivity contribution in [3.8, 4) is 0 Å². The van der Waals surface area contributed by atoms with Crippen molar-refractivity contribution in [2.45, 2.75) is 57.1 Å². The molecule has 1 aliphatic heterocycles. The molecule has 4 heteroatoms. The van der Waals surface area contributed by atoms with Crippen molar-refractivity contribution in [3.05, 3.63) is 0 Å². The average molecular weight is 268 g/mol. The van der Waals surface area contributed by atoms with Gasteiger partial charge in [-0.3, -0.25) is 4.99 Å². The number of nitrogens with one attached hydrogen (secondary N) is 1. The van der Waals surface area contributed by atoms with Gasteiger partial charge in [0.1, 0.15) is 0 Å².